The third-order valence-electron chi connectivity index (χ3n) is 2.33. The van der Waals surface area contributed by atoms with Crippen LogP contribution >= 0.6 is 11.3 Å². The van der Waals surface area contributed by atoms with Crippen molar-refractivity contribution in [2.75, 3.05) is 5.73 Å². The zero-order valence-electron chi connectivity index (χ0n) is 9.20. The van der Waals surface area contributed by atoms with Crippen molar-refractivity contribution < 1.29 is 8.63 Å². The van der Waals surface area contributed by atoms with Crippen LogP contribution in [0.1, 0.15) is 5.01 Å². The number of nitrogens with zero attached hydrogens (tertiary/aromatic N) is 2. The van der Waals surface area contributed by atoms with Gasteiger partial charge in [0, 0.05) is 23.3 Å². The van der Waals surface area contributed by atoms with Crippen LogP contribution in [-0.4, -0.2) is 14.2 Å². The lowest BCUT2D eigenvalue weighted by atomic mass is 10.3. The van der Waals surface area contributed by atoms with Gasteiger partial charge >= 0.3 is 0 Å². The molecule has 0 spiro atoms. The molecule has 3 rings (SSSR count). The van der Waals surface area contributed by atoms with E-state index in [1.165, 1.54) is 11.3 Å². The predicted octanol–water partition coefficient (Wildman–Crippen LogP) is 2.17. The van der Waals surface area contributed by atoms with Crippen molar-refractivity contribution in [2.45, 2.75) is 11.0 Å². The Balaban J connectivity index is 1.92. The molecule has 1 aromatic carbocycles. The molecule has 2 heterocycles. The zero-order chi connectivity index (χ0) is 12.5. The molecule has 0 aliphatic rings. The summed E-state index contributed by atoms with van der Waals surface area (Å²) in [6.07, 6.45) is 1.68. The maximum absolute atomic E-state index is 12.1. The average Bonchev–Trinajstić information content (AvgIpc) is 2.96. The minimum atomic E-state index is -1.32. The predicted molar refractivity (Wildman–Crippen MR) is 70.6 cm³/mol. The van der Waals surface area contributed by atoms with Crippen molar-refractivity contribution in [1.82, 2.24) is 9.97 Å². The second kappa shape index (κ2) is 4.51. The Morgan fingerprint density at radius 3 is 3.11 bits per heavy atom. The van der Waals surface area contributed by atoms with Gasteiger partial charge in [-0.05, 0) is 12.1 Å². The molecule has 0 saturated heterocycles. The molecule has 1 unspecified atom stereocenters. The van der Waals surface area contributed by atoms with Gasteiger partial charge in [0.1, 0.15) is 21.3 Å². The van der Waals surface area contributed by atoms with Gasteiger partial charge < -0.3 is 10.2 Å². The molecule has 0 saturated carbocycles. The van der Waals surface area contributed by atoms with Gasteiger partial charge in [-0.15, -0.1) is 11.3 Å². The number of nitrogen functional groups attached to an aromatic ring is 1. The lowest BCUT2D eigenvalue weighted by Gasteiger charge is -1.92. The van der Waals surface area contributed by atoms with Gasteiger partial charge in [0.15, 0.2) is 5.58 Å². The van der Waals surface area contributed by atoms with Crippen LogP contribution in [0.2, 0.25) is 0 Å². The summed E-state index contributed by atoms with van der Waals surface area (Å²) in [6.45, 7) is 0. The van der Waals surface area contributed by atoms with Crippen molar-refractivity contribution in [1.29, 1.82) is 0 Å². The van der Waals surface area contributed by atoms with E-state index in [1.807, 2.05) is 5.38 Å². The number of hydrogen-bond donors (Lipinski definition) is 1. The van der Waals surface area contributed by atoms with Crippen molar-refractivity contribution in [3.05, 3.63) is 34.8 Å². The molecule has 0 amide bonds. The van der Waals surface area contributed by atoms with E-state index in [0.717, 1.165) is 5.01 Å². The quantitative estimate of drug-likeness (QED) is 0.743. The Morgan fingerprint density at radius 1 is 1.44 bits per heavy atom. The number of nitrogens with two attached hydrogens (primary N) is 1. The Kier molecular flexibility index (Phi) is 2.85. The molecule has 0 radical (unpaired) electrons. The first-order valence-electron chi connectivity index (χ1n) is 5.15. The van der Waals surface area contributed by atoms with E-state index in [-0.39, 0.29) is 5.22 Å². The van der Waals surface area contributed by atoms with E-state index < -0.39 is 10.8 Å². The number of rotatable bonds is 3. The third-order valence-corrected chi connectivity index (χ3v) is 4.39. The number of fused-ring (bicyclic) bond motifs is 1. The summed E-state index contributed by atoms with van der Waals surface area (Å²) in [6, 6.07) is 5.16. The average molecular weight is 279 g/mol. The third kappa shape index (κ3) is 2.14. The highest BCUT2D eigenvalue weighted by molar-refractivity contribution is 7.84. The highest BCUT2D eigenvalue weighted by atomic mass is 32.2. The maximum atomic E-state index is 12.1. The topological polar surface area (TPSA) is 82.0 Å². The first-order valence-corrected chi connectivity index (χ1v) is 7.35. The summed E-state index contributed by atoms with van der Waals surface area (Å²) >= 11 is 1.46. The second-order valence-corrected chi connectivity index (χ2v) is 5.93. The number of hydrogen-bond acceptors (Lipinski definition) is 6. The van der Waals surface area contributed by atoms with Crippen molar-refractivity contribution in [3.63, 3.8) is 0 Å². The molecule has 7 heteroatoms. The van der Waals surface area contributed by atoms with E-state index in [4.69, 9.17) is 10.2 Å². The Labute approximate surface area is 109 Å². The summed E-state index contributed by atoms with van der Waals surface area (Å²) in [7, 11) is -1.32. The summed E-state index contributed by atoms with van der Waals surface area (Å²) in [5.74, 6) is 0.319. The standard InChI is InChI=1S/C11H9N3O2S2/c12-7-1-2-8-9(5-7)16-11(14-8)18(15)6-10-13-3-4-17-10/h1-5H,6,12H2. The molecule has 5 nitrogen and oxygen atoms in total. The van der Waals surface area contributed by atoms with E-state index >= 15 is 0 Å². The molecule has 18 heavy (non-hydrogen) atoms. The summed E-state index contributed by atoms with van der Waals surface area (Å²) < 4.78 is 17.5. The molecule has 0 bridgehead atoms. The van der Waals surface area contributed by atoms with Gasteiger partial charge in [-0.25, -0.2) is 14.2 Å². The largest absolute Gasteiger partial charge is 0.430 e. The zero-order valence-corrected chi connectivity index (χ0v) is 10.8. The Morgan fingerprint density at radius 2 is 2.33 bits per heavy atom. The fourth-order valence-electron chi connectivity index (χ4n) is 1.52. The van der Waals surface area contributed by atoms with Crippen LogP contribution in [0.5, 0.6) is 0 Å². The normalized spacial score (nSPS) is 12.9. The van der Waals surface area contributed by atoms with E-state index in [9.17, 15) is 4.21 Å². The number of anilines is 1. The highest BCUT2D eigenvalue weighted by Crippen LogP contribution is 2.21. The molecule has 1 atom stereocenters. The van der Waals surface area contributed by atoms with Crippen molar-refractivity contribution in [2.24, 2.45) is 0 Å². The van der Waals surface area contributed by atoms with E-state index in [2.05, 4.69) is 9.97 Å². The van der Waals surface area contributed by atoms with Gasteiger partial charge in [-0.3, -0.25) is 0 Å². The van der Waals surface area contributed by atoms with Gasteiger partial charge in [0.2, 0.25) is 0 Å². The molecule has 2 N–H and O–H groups in total. The highest BCUT2D eigenvalue weighted by Gasteiger charge is 2.14. The Bertz CT molecular complexity index is 706. The van der Waals surface area contributed by atoms with Gasteiger partial charge in [0.05, 0.1) is 5.75 Å². The second-order valence-electron chi connectivity index (χ2n) is 3.62. The first-order chi connectivity index (χ1) is 8.72. The van der Waals surface area contributed by atoms with E-state index in [0.29, 0.717) is 22.5 Å². The molecule has 92 valence electrons. The number of oxazole rings is 1. The minimum Gasteiger partial charge on any atom is -0.430 e. The van der Waals surface area contributed by atoms with Crippen LogP contribution < -0.4 is 5.73 Å². The molecule has 2 aromatic heterocycles. The molecular formula is C11H9N3O2S2. The monoisotopic (exact) mass is 279 g/mol. The van der Waals surface area contributed by atoms with Crippen LogP contribution in [-0.2, 0) is 16.6 Å². The number of thiazole rings is 1. The summed E-state index contributed by atoms with van der Waals surface area (Å²) in [5, 5.41) is 2.86. The van der Waals surface area contributed by atoms with Crippen LogP contribution in [0, 0.1) is 0 Å². The SMILES string of the molecule is Nc1ccc2nc(S(=O)Cc3nccs3)oc2c1. The first kappa shape index (κ1) is 11.4. The lowest BCUT2D eigenvalue weighted by Crippen LogP contribution is -1.95. The van der Waals surface area contributed by atoms with Gasteiger partial charge in [-0.1, -0.05) is 0 Å². The molecule has 0 fully saturated rings. The Hall–Kier alpha value is -1.73. The van der Waals surface area contributed by atoms with Crippen LogP contribution in [0.4, 0.5) is 5.69 Å². The molecule has 3 aromatic rings. The maximum Gasteiger partial charge on any atom is 0.288 e. The van der Waals surface area contributed by atoms with Crippen LogP contribution in [0.25, 0.3) is 11.1 Å². The van der Waals surface area contributed by atoms with Crippen molar-refractivity contribution >= 4 is 38.9 Å². The van der Waals surface area contributed by atoms with Crippen LogP contribution in [0.15, 0.2) is 39.4 Å². The lowest BCUT2D eigenvalue weighted by molar-refractivity contribution is 0.477. The summed E-state index contributed by atoms with van der Waals surface area (Å²) in [5.41, 5.74) is 7.45. The fourth-order valence-corrected chi connectivity index (χ4v) is 3.31. The molecule has 0 aliphatic heterocycles. The van der Waals surface area contributed by atoms with Crippen LogP contribution in [0.3, 0.4) is 0 Å². The molecule has 0 aliphatic carbocycles. The van der Waals surface area contributed by atoms with Crippen molar-refractivity contribution in [3.8, 4) is 0 Å². The van der Waals surface area contributed by atoms with Gasteiger partial charge in [0.25, 0.3) is 5.22 Å². The number of aromatic nitrogens is 2. The molecular weight excluding hydrogens is 270 g/mol. The van der Waals surface area contributed by atoms with E-state index in [1.54, 1.807) is 24.4 Å². The minimum absolute atomic E-state index is 0.214. The van der Waals surface area contributed by atoms with Gasteiger partial charge in [-0.2, -0.15) is 0 Å². The fraction of sp³-hybridized carbons (Fsp3) is 0.0909. The summed E-state index contributed by atoms with van der Waals surface area (Å²) in [4.78, 5) is 8.27. The number of benzene rings is 1. The smallest absolute Gasteiger partial charge is 0.288 e.